The van der Waals surface area contributed by atoms with Crippen molar-refractivity contribution in [2.24, 2.45) is 0 Å². The number of carbonyl (C=O) groups excluding carboxylic acids is 3. The number of imide groups is 2. The lowest BCUT2D eigenvalue weighted by Gasteiger charge is -2.14. The van der Waals surface area contributed by atoms with Crippen molar-refractivity contribution in [3.05, 3.63) is 34.9 Å². The van der Waals surface area contributed by atoms with Crippen LogP contribution in [0.1, 0.15) is 11.1 Å². The highest BCUT2D eigenvalue weighted by molar-refractivity contribution is 6.31. The lowest BCUT2D eigenvalue weighted by Crippen LogP contribution is -2.51. The van der Waals surface area contributed by atoms with Crippen LogP contribution in [-0.2, 0) is 9.59 Å². The maximum Gasteiger partial charge on any atom is 0.328 e. The van der Waals surface area contributed by atoms with Crippen molar-refractivity contribution in [3.63, 3.8) is 0 Å². The largest absolute Gasteiger partial charge is 0.507 e. The number of hydrogen-bond acceptors (Lipinski definition) is 4. The predicted molar refractivity (Wildman–Crippen MR) is 62.5 cm³/mol. The molecule has 1 aliphatic rings. The summed E-state index contributed by atoms with van der Waals surface area (Å²) in [6, 6.07) is 3.97. The molecule has 0 radical (unpaired) electrons. The first-order valence-corrected chi connectivity index (χ1v) is 5.15. The molecule has 1 saturated heterocycles. The molecule has 1 aromatic rings. The van der Waals surface area contributed by atoms with Crippen LogP contribution in [0.25, 0.3) is 6.08 Å². The molecule has 0 aromatic heterocycles. The fraction of sp³-hybridized carbons (Fsp3) is 0.0833. The molecule has 92 valence electrons. The molecule has 0 bridgehead atoms. The number of phenolic OH excluding ortho intramolecular Hbond substituents is 1. The Labute approximate surface area is 102 Å². The van der Waals surface area contributed by atoms with E-state index in [1.54, 1.807) is 19.1 Å². The zero-order valence-corrected chi connectivity index (χ0v) is 9.48. The van der Waals surface area contributed by atoms with Crippen molar-refractivity contribution in [2.45, 2.75) is 6.92 Å². The Hall–Kier alpha value is -2.63. The van der Waals surface area contributed by atoms with Gasteiger partial charge in [0.05, 0.1) is 0 Å². The normalized spacial score (nSPS) is 15.2. The monoisotopic (exact) mass is 246 g/mol. The summed E-state index contributed by atoms with van der Waals surface area (Å²) in [7, 11) is 0. The van der Waals surface area contributed by atoms with Gasteiger partial charge >= 0.3 is 6.03 Å². The summed E-state index contributed by atoms with van der Waals surface area (Å²) < 4.78 is 0. The average molecular weight is 246 g/mol. The van der Waals surface area contributed by atoms with Gasteiger partial charge in [-0.2, -0.15) is 0 Å². The quantitative estimate of drug-likeness (QED) is 0.495. The number of rotatable bonds is 1. The van der Waals surface area contributed by atoms with E-state index in [9.17, 15) is 19.5 Å². The number of barbiturate groups is 1. The van der Waals surface area contributed by atoms with E-state index >= 15 is 0 Å². The third kappa shape index (κ3) is 2.22. The molecule has 3 N–H and O–H groups in total. The number of amides is 4. The Morgan fingerprint density at radius 1 is 1.11 bits per heavy atom. The summed E-state index contributed by atoms with van der Waals surface area (Å²) in [5, 5.41) is 13.6. The number of aryl methyl sites for hydroxylation is 1. The molecule has 0 atom stereocenters. The molecule has 6 nitrogen and oxygen atoms in total. The molecule has 4 amide bonds. The van der Waals surface area contributed by atoms with Crippen molar-refractivity contribution < 1.29 is 19.5 Å². The van der Waals surface area contributed by atoms with Crippen LogP contribution in [0.5, 0.6) is 5.75 Å². The number of urea groups is 1. The Morgan fingerprint density at radius 3 is 2.28 bits per heavy atom. The van der Waals surface area contributed by atoms with Gasteiger partial charge in [-0.25, -0.2) is 4.79 Å². The van der Waals surface area contributed by atoms with Crippen molar-refractivity contribution in [2.75, 3.05) is 0 Å². The second kappa shape index (κ2) is 4.33. The second-order valence-corrected chi connectivity index (χ2v) is 3.86. The highest BCUT2D eigenvalue weighted by Gasteiger charge is 2.27. The zero-order chi connectivity index (χ0) is 13.3. The Bertz CT molecular complexity index is 568. The molecule has 0 unspecified atom stereocenters. The van der Waals surface area contributed by atoms with Crippen LogP contribution in [0.3, 0.4) is 0 Å². The van der Waals surface area contributed by atoms with Crippen LogP contribution in [0.4, 0.5) is 4.79 Å². The molecular weight excluding hydrogens is 236 g/mol. The minimum atomic E-state index is -0.852. The minimum absolute atomic E-state index is 0.0417. The molecule has 2 rings (SSSR count). The van der Waals surface area contributed by atoms with Gasteiger partial charge in [-0.1, -0.05) is 12.1 Å². The Balaban J connectivity index is 2.40. The fourth-order valence-electron chi connectivity index (χ4n) is 1.54. The summed E-state index contributed by atoms with van der Waals surface area (Å²) in [5.41, 5.74) is 0.950. The van der Waals surface area contributed by atoms with Crippen molar-refractivity contribution >= 4 is 23.9 Å². The average Bonchev–Trinajstić information content (AvgIpc) is 2.25. The topological polar surface area (TPSA) is 95.5 Å². The smallest absolute Gasteiger partial charge is 0.328 e. The molecule has 0 spiro atoms. The van der Waals surface area contributed by atoms with Gasteiger partial charge in [0.2, 0.25) is 0 Å². The highest BCUT2D eigenvalue weighted by atomic mass is 16.3. The molecule has 1 aliphatic heterocycles. The van der Waals surface area contributed by atoms with Gasteiger partial charge in [-0.05, 0) is 24.6 Å². The van der Waals surface area contributed by atoms with Gasteiger partial charge < -0.3 is 5.11 Å². The van der Waals surface area contributed by atoms with Gasteiger partial charge in [0, 0.05) is 5.56 Å². The summed E-state index contributed by atoms with van der Waals surface area (Å²) in [6.07, 6.45) is 1.23. The van der Waals surface area contributed by atoms with Crippen LogP contribution < -0.4 is 10.6 Å². The van der Waals surface area contributed by atoms with Gasteiger partial charge in [0.1, 0.15) is 11.3 Å². The van der Waals surface area contributed by atoms with Crippen LogP contribution in [0.2, 0.25) is 0 Å². The van der Waals surface area contributed by atoms with Gasteiger partial charge in [-0.15, -0.1) is 0 Å². The highest BCUT2D eigenvalue weighted by Crippen LogP contribution is 2.21. The van der Waals surface area contributed by atoms with E-state index in [1.165, 1.54) is 12.1 Å². The molecule has 0 saturated carbocycles. The van der Waals surface area contributed by atoms with Crippen molar-refractivity contribution in [3.8, 4) is 5.75 Å². The number of carbonyl (C=O) groups is 3. The molecular formula is C12H10N2O4. The first kappa shape index (κ1) is 11.8. The zero-order valence-electron chi connectivity index (χ0n) is 9.48. The number of hydrogen-bond donors (Lipinski definition) is 3. The molecule has 1 heterocycles. The molecule has 18 heavy (non-hydrogen) atoms. The number of phenols is 1. The maximum atomic E-state index is 11.5. The molecule has 6 heteroatoms. The van der Waals surface area contributed by atoms with Crippen LogP contribution in [0, 0.1) is 6.92 Å². The van der Waals surface area contributed by atoms with E-state index in [4.69, 9.17) is 0 Å². The van der Waals surface area contributed by atoms with E-state index in [1.807, 2.05) is 10.6 Å². The summed E-state index contributed by atoms with van der Waals surface area (Å²) in [4.78, 5) is 33.8. The fourth-order valence-corrected chi connectivity index (χ4v) is 1.54. The predicted octanol–water partition coefficient (Wildman–Crippen LogP) is 0.450. The van der Waals surface area contributed by atoms with E-state index in [0.717, 1.165) is 5.56 Å². The molecule has 1 aromatic carbocycles. The van der Waals surface area contributed by atoms with E-state index in [0.29, 0.717) is 5.56 Å². The lowest BCUT2D eigenvalue weighted by molar-refractivity contribution is -0.123. The maximum absolute atomic E-state index is 11.5. The van der Waals surface area contributed by atoms with Crippen LogP contribution in [0.15, 0.2) is 23.8 Å². The van der Waals surface area contributed by atoms with Gasteiger partial charge in [0.15, 0.2) is 0 Å². The first-order chi connectivity index (χ1) is 8.47. The lowest BCUT2D eigenvalue weighted by atomic mass is 10.1. The van der Waals surface area contributed by atoms with Gasteiger partial charge in [0.25, 0.3) is 11.8 Å². The number of aromatic hydroxyl groups is 1. The number of benzene rings is 1. The Kier molecular flexibility index (Phi) is 2.85. The molecule has 1 fully saturated rings. The van der Waals surface area contributed by atoms with E-state index in [2.05, 4.69) is 0 Å². The van der Waals surface area contributed by atoms with Crippen LogP contribution >= 0.6 is 0 Å². The first-order valence-electron chi connectivity index (χ1n) is 5.15. The third-order valence-electron chi connectivity index (χ3n) is 2.43. The van der Waals surface area contributed by atoms with Crippen molar-refractivity contribution in [1.29, 1.82) is 0 Å². The summed E-state index contributed by atoms with van der Waals surface area (Å²) in [6.45, 7) is 1.80. The summed E-state index contributed by atoms with van der Waals surface area (Å²) in [5.74, 6) is -1.62. The summed E-state index contributed by atoms with van der Waals surface area (Å²) >= 11 is 0. The van der Waals surface area contributed by atoms with E-state index < -0.39 is 17.8 Å². The standard InChI is InChI=1S/C12H10N2O4/c1-6-2-3-7(9(15)4-6)5-8-10(16)13-12(18)14-11(8)17/h2-5,15H,1H3,(H2,13,14,16,17,18). The SMILES string of the molecule is Cc1ccc(C=C2C(=O)NC(=O)NC2=O)c(O)c1. The minimum Gasteiger partial charge on any atom is -0.507 e. The second-order valence-electron chi connectivity index (χ2n) is 3.86. The van der Waals surface area contributed by atoms with Crippen molar-refractivity contribution in [1.82, 2.24) is 10.6 Å². The third-order valence-corrected chi connectivity index (χ3v) is 2.43. The van der Waals surface area contributed by atoms with E-state index in [-0.39, 0.29) is 11.3 Å². The van der Waals surface area contributed by atoms with Gasteiger partial charge in [-0.3, -0.25) is 20.2 Å². The van der Waals surface area contributed by atoms with Crippen LogP contribution in [-0.4, -0.2) is 23.0 Å². The Morgan fingerprint density at radius 2 is 1.72 bits per heavy atom. The molecule has 0 aliphatic carbocycles. The number of nitrogens with one attached hydrogen (secondary N) is 2.